The van der Waals surface area contributed by atoms with Crippen molar-refractivity contribution < 1.29 is 50.5 Å². The molecule has 9 nitrogen and oxygen atoms in total. The zero-order valence-electron chi connectivity index (χ0n) is 27.8. The van der Waals surface area contributed by atoms with Crippen LogP contribution in [-0.4, -0.2) is 60.9 Å². The van der Waals surface area contributed by atoms with Crippen LogP contribution in [0.3, 0.4) is 0 Å². The maximum Gasteiger partial charge on any atom is 0.415 e. The predicted octanol–water partition coefficient (Wildman–Crippen LogP) is 9.11. The minimum absolute atomic E-state index is 0.0142. The average Bonchev–Trinajstić information content (AvgIpc) is 3.13. The van der Waals surface area contributed by atoms with Crippen LogP contribution in [0.4, 0.5) is 32.4 Å². The van der Waals surface area contributed by atoms with Crippen LogP contribution in [0.25, 0.3) is 0 Å². The third kappa shape index (κ3) is 9.48. The Hall–Kier alpha value is -4.66. The Labute approximate surface area is 311 Å². The zero-order chi connectivity index (χ0) is 37.6. The molecular formula is C37H32Cl2F5N3O6. The number of piperidine rings is 3. The highest BCUT2D eigenvalue weighted by Gasteiger charge is 2.38. The molecule has 0 N–H and O–H groups in total. The van der Waals surface area contributed by atoms with Crippen molar-refractivity contribution in [3.05, 3.63) is 117 Å². The molecule has 3 aromatic carbocycles. The first-order valence-electron chi connectivity index (χ1n) is 16.5. The van der Waals surface area contributed by atoms with Crippen LogP contribution in [0.1, 0.15) is 46.0 Å². The number of pyridine rings is 1. The highest BCUT2D eigenvalue weighted by Crippen LogP contribution is 2.37. The maximum absolute atomic E-state index is 15.1. The van der Waals surface area contributed by atoms with E-state index in [0.717, 1.165) is 38.1 Å². The largest absolute Gasteiger partial charge is 0.454 e. The fourth-order valence-electron chi connectivity index (χ4n) is 6.48. The van der Waals surface area contributed by atoms with Gasteiger partial charge in [-0.25, -0.2) is 14.0 Å². The lowest BCUT2D eigenvalue weighted by atomic mass is 9.86. The minimum Gasteiger partial charge on any atom is -0.454 e. The van der Waals surface area contributed by atoms with E-state index in [-0.39, 0.29) is 51.8 Å². The maximum atomic E-state index is 15.1. The van der Waals surface area contributed by atoms with E-state index in [1.54, 1.807) is 18.2 Å². The monoisotopic (exact) mass is 779 g/mol. The molecule has 4 heterocycles. The van der Waals surface area contributed by atoms with Gasteiger partial charge in [0.2, 0.25) is 0 Å². The van der Waals surface area contributed by atoms with Gasteiger partial charge in [-0.15, -0.1) is 0 Å². The number of carbonyl (C=O) groups excluding carboxylic acids is 2. The third-order valence-electron chi connectivity index (χ3n) is 9.08. The molecule has 0 aliphatic carbocycles. The molecule has 3 aliphatic rings. The lowest BCUT2D eigenvalue weighted by molar-refractivity contribution is -0.0693. The number of hydrogen-bond acceptors (Lipinski definition) is 8. The average molecular weight is 781 g/mol. The van der Waals surface area contributed by atoms with Gasteiger partial charge in [-0.2, -0.15) is 17.6 Å². The highest BCUT2D eigenvalue weighted by atomic mass is 35.5. The molecule has 0 saturated carbocycles. The summed E-state index contributed by atoms with van der Waals surface area (Å²) >= 11 is 12.7. The Kier molecular flexibility index (Phi) is 12.2. The summed E-state index contributed by atoms with van der Waals surface area (Å²) in [5.41, 5.74) is 0.768. The third-order valence-corrected chi connectivity index (χ3v) is 9.73. The van der Waals surface area contributed by atoms with Gasteiger partial charge in [0.15, 0.2) is 11.5 Å². The second kappa shape index (κ2) is 17.0. The fraction of sp³-hybridized carbons (Fsp3) is 0.324. The van der Waals surface area contributed by atoms with Crippen LogP contribution in [0.15, 0.2) is 79.1 Å². The number of esters is 1. The van der Waals surface area contributed by atoms with Gasteiger partial charge in [0.1, 0.15) is 18.0 Å². The van der Waals surface area contributed by atoms with E-state index in [2.05, 4.69) is 19.4 Å². The first kappa shape index (κ1) is 38.1. The molecule has 0 unspecified atom stereocenters. The van der Waals surface area contributed by atoms with Gasteiger partial charge in [0.25, 0.3) is 0 Å². The second-order valence-corrected chi connectivity index (χ2v) is 13.3. The Balaban J connectivity index is 1.27. The van der Waals surface area contributed by atoms with Crippen LogP contribution in [0.2, 0.25) is 10.0 Å². The van der Waals surface area contributed by atoms with Crippen molar-refractivity contribution in [2.24, 2.45) is 5.92 Å². The number of alkyl halides is 4. The molecule has 2 bridgehead atoms. The lowest BCUT2D eigenvalue weighted by Crippen LogP contribution is -2.53. The van der Waals surface area contributed by atoms with Crippen LogP contribution >= 0.6 is 23.2 Å². The number of anilines is 1. The van der Waals surface area contributed by atoms with Crippen LogP contribution in [-0.2, 0) is 22.4 Å². The second-order valence-electron chi connectivity index (χ2n) is 12.4. The van der Waals surface area contributed by atoms with Crippen molar-refractivity contribution in [3.63, 3.8) is 0 Å². The van der Waals surface area contributed by atoms with Crippen molar-refractivity contribution >= 4 is 41.0 Å². The summed E-state index contributed by atoms with van der Waals surface area (Å²) in [6, 6.07) is 15.0. The van der Waals surface area contributed by atoms with Crippen molar-refractivity contribution in [2.75, 3.05) is 24.5 Å². The van der Waals surface area contributed by atoms with E-state index in [4.69, 9.17) is 32.7 Å². The van der Waals surface area contributed by atoms with Gasteiger partial charge >= 0.3 is 25.3 Å². The smallest absolute Gasteiger partial charge is 0.415 e. The van der Waals surface area contributed by atoms with Gasteiger partial charge in [-0.05, 0) is 84.9 Å². The van der Waals surface area contributed by atoms with Gasteiger partial charge in [-0.3, -0.25) is 14.8 Å². The summed E-state index contributed by atoms with van der Waals surface area (Å²) in [5, 5.41) is 0.223. The molecule has 1 amide bonds. The van der Waals surface area contributed by atoms with E-state index in [9.17, 15) is 27.2 Å². The zero-order valence-corrected chi connectivity index (χ0v) is 29.3. The molecule has 53 heavy (non-hydrogen) atoms. The van der Waals surface area contributed by atoms with E-state index < -0.39 is 48.7 Å². The van der Waals surface area contributed by atoms with Crippen molar-refractivity contribution in [1.82, 2.24) is 9.88 Å². The molecule has 7 rings (SSSR count). The number of halogens is 7. The molecule has 0 spiro atoms. The van der Waals surface area contributed by atoms with Crippen molar-refractivity contribution in [2.45, 2.75) is 51.2 Å². The first-order valence-corrected chi connectivity index (χ1v) is 17.3. The van der Waals surface area contributed by atoms with E-state index >= 15 is 4.39 Å². The molecule has 1 aromatic heterocycles. The summed E-state index contributed by atoms with van der Waals surface area (Å²) in [4.78, 5) is 34.7. The van der Waals surface area contributed by atoms with Gasteiger partial charge < -0.3 is 18.9 Å². The molecule has 3 saturated heterocycles. The number of carbonyl (C=O) groups is 2. The standard InChI is InChI=1S/C37H32Cl2F5N3O6/c38-26-17-45-18-27(39)25(26)16-31(23-8-9-30(51-35(41)42)32(15-23)52-36(43)44)50-34(48)24-5-3-4-21(14-24)19-47(29-7-2-1-6-28(29)40)37(49)53-33-20-46-12-10-22(33)11-13-46/h1-9,14-15,17-18,22,31,33,35-36H,10-13,16,19-20H2/t31-,33-/m0/s1. The van der Waals surface area contributed by atoms with E-state index in [0.29, 0.717) is 17.7 Å². The molecule has 4 aromatic rings. The Bertz CT molecular complexity index is 1910. The van der Waals surface area contributed by atoms with Crippen LogP contribution in [0.5, 0.6) is 11.5 Å². The summed E-state index contributed by atoms with van der Waals surface area (Å²) < 4.78 is 88.3. The number of fused-ring (bicyclic) bond motifs is 3. The Morgan fingerprint density at radius 3 is 2.25 bits per heavy atom. The number of hydrogen-bond donors (Lipinski definition) is 0. The molecule has 3 fully saturated rings. The van der Waals surface area contributed by atoms with Crippen LogP contribution < -0.4 is 14.4 Å². The summed E-state index contributed by atoms with van der Waals surface area (Å²) in [6.45, 7) is -4.44. The number of ether oxygens (including phenoxy) is 4. The van der Waals surface area contributed by atoms with Gasteiger partial charge in [0.05, 0.1) is 27.8 Å². The summed E-state index contributed by atoms with van der Waals surface area (Å²) in [5.74, 6) is -2.74. The Morgan fingerprint density at radius 1 is 0.887 bits per heavy atom. The number of nitrogens with zero attached hydrogens (tertiary/aromatic N) is 3. The molecular weight excluding hydrogens is 748 g/mol. The molecule has 2 atom stereocenters. The SMILES string of the molecule is O=C(O[C@@H](Cc1c(Cl)cncc1Cl)c1ccc(OC(F)F)c(OC(F)F)c1)c1cccc(CN(C(=O)O[C@H]2CN3CCC2CC3)c2ccccc2F)c1. The first-order chi connectivity index (χ1) is 25.4. The highest BCUT2D eigenvalue weighted by molar-refractivity contribution is 6.35. The van der Waals surface area contributed by atoms with E-state index in [1.807, 2.05) is 0 Å². The fourth-order valence-corrected chi connectivity index (χ4v) is 7.00. The van der Waals surface area contributed by atoms with Crippen molar-refractivity contribution in [1.29, 1.82) is 0 Å². The lowest BCUT2D eigenvalue weighted by Gasteiger charge is -2.44. The quantitative estimate of drug-likeness (QED) is 0.0981. The van der Waals surface area contributed by atoms with Crippen molar-refractivity contribution in [3.8, 4) is 11.5 Å². The molecule has 0 radical (unpaired) electrons. The normalized spacial score (nSPS) is 18.5. The molecule has 280 valence electrons. The summed E-state index contributed by atoms with van der Waals surface area (Å²) in [6.07, 6.45) is 1.85. The molecule has 3 aliphatic heterocycles. The van der Waals surface area contributed by atoms with Crippen LogP contribution in [0, 0.1) is 11.7 Å². The number of amides is 1. The summed E-state index contributed by atoms with van der Waals surface area (Å²) in [7, 11) is 0. The Morgan fingerprint density at radius 2 is 1.58 bits per heavy atom. The number of rotatable bonds is 13. The number of benzene rings is 3. The number of aromatic nitrogens is 1. The topological polar surface area (TPSA) is 90.4 Å². The van der Waals surface area contributed by atoms with Gasteiger partial charge in [-0.1, -0.05) is 53.5 Å². The van der Waals surface area contributed by atoms with E-state index in [1.165, 1.54) is 53.7 Å². The van der Waals surface area contributed by atoms with Gasteiger partial charge in [0, 0.05) is 25.4 Å². The minimum atomic E-state index is -3.39. The predicted molar refractivity (Wildman–Crippen MR) is 184 cm³/mol. The molecule has 16 heteroatoms. The number of para-hydroxylation sites is 1.